The predicted molar refractivity (Wildman–Crippen MR) is 105 cm³/mol. The zero-order valence-corrected chi connectivity index (χ0v) is 17.6. The molecular formula is C17H25NO9P2. The van der Waals surface area contributed by atoms with Crippen LogP contribution in [0.15, 0.2) is 36.5 Å². The molecule has 162 valence electrons. The van der Waals surface area contributed by atoms with Gasteiger partial charge in [0.1, 0.15) is 11.5 Å². The number of rotatable bonds is 11. The third-order valence-electron chi connectivity index (χ3n) is 4.49. The molecule has 0 aliphatic heterocycles. The molecule has 0 spiro atoms. The maximum Gasteiger partial charge on any atom is 0.369 e. The second kappa shape index (κ2) is 9.45. The van der Waals surface area contributed by atoms with Gasteiger partial charge in [-0.15, -0.1) is 0 Å². The lowest BCUT2D eigenvalue weighted by molar-refractivity contribution is 0.123. The summed E-state index contributed by atoms with van der Waals surface area (Å²) in [5.41, 5.74) is 1.34. The first-order valence-corrected chi connectivity index (χ1v) is 12.0. The third kappa shape index (κ3) is 5.93. The van der Waals surface area contributed by atoms with E-state index in [1.807, 2.05) is 0 Å². The summed E-state index contributed by atoms with van der Waals surface area (Å²) in [5.74, 6) is 1.41. The minimum absolute atomic E-state index is 0.144. The molecule has 0 radical (unpaired) electrons. The zero-order chi connectivity index (χ0) is 21.7. The third-order valence-corrected chi connectivity index (χ3v) is 8.37. The normalized spacial score (nSPS) is 12.8. The molecule has 0 saturated carbocycles. The Kier molecular flexibility index (Phi) is 7.70. The summed E-state index contributed by atoms with van der Waals surface area (Å²) in [6.45, 7) is 0.422. The Morgan fingerprint density at radius 2 is 1.55 bits per heavy atom. The molecule has 1 aromatic carbocycles. The maximum atomic E-state index is 11.4. The van der Waals surface area contributed by atoms with Crippen LogP contribution < -0.4 is 9.47 Å². The van der Waals surface area contributed by atoms with Gasteiger partial charge in [-0.2, -0.15) is 0 Å². The molecule has 10 nitrogen and oxygen atoms in total. The molecule has 0 fully saturated rings. The largest absolute Gasteiger partial charge is 0.497 e. The van der Waals surface area contributed by atoms with Crippen LogP contribution in [-0.2, 0) is 22.0 Å². The highest BCUT2D eigenvalue weighted by Crippen LogP contribution is 2.69. The molecule has 1 aromatic heterocycles. The van der Waals surface area contributed by atoms with Gasteiger partial charge in [-0.25, -0.2) is 0 Å². The Morgan fingerprint density at radius 3 is 2.10 bits per heavy atom. The van der Waals surface area contributed by atoms with Gasteiger partial charge in [-0.3, -0.25) is 9.13 Å². The number of H-pyrrole nitrogens is 1. The minimum Gasteiger partial charge on any atom is -0.497 e. The van der Waals surface area contributed by atoms with Crippen molar-refractivity contribution in [2.45, 2.75) is 30.8 Å². The lowest BCUT2D eigenvalue weighted by Crippen LogP contribution is -2.29. The van der Waals surface area contributed by atoms with Crippen molar-refractivity contribution in [3.63, 3.8) is 0 Å². The van der Waals surface area contributed by atoms with Crippen LogP contribution in [0.4, 0.5) is 0 Å². The summed E-state index contributed by atoms with van der Waals surface area (Å²) < 4.78 is 33.6. The van der Waals surface area contributed by atoms with Crippen molar-refractivity contribution < 1.29 is 43.3 Å². The quantitative estimate of drug-likeness (QED) is 0.222. The molecule has 0 saturated heterocycles. The standard InChI is InChI=1S/C17H25NO9P2/c1-26-14-4-6-15(7-5-14)27-12-2-3-13-9-11-18-16(13)8-10-17(19,28(20,21)22)29(23,24)25/h4-7,9,11,18-19H,2-3,8,10,12H2,1H3,(H2,20,21,22)(H2,23,24,25). The molecule has 0 amide bonds. The second-order valence-electron chi connectivity index (χ2n) is 6.47. The van der Waals surface area contributed by atoms with Crippen molar-refractivity contribution in [1.29, 1.82) is 0 Å². The van der Waals surface area contributed by atoms with E-state index in [2.05, 4.69) is 4.98 Å². The van der Waals surface area contributed by atoms with Gasteiger partial charge in [0.2, 0.25) is 0 Å². The van der Waals surface area contributed by atoms with Crippen molar-refractivity contribution in [2.75, 3.05) is 13.7 Å². The van der Waals surface area contributed by atoms with Gasteiger partial charge in [0, 0.05) is 18.3 Å². The molecule has 1 heterocycles. The van der Waals surface area contributed by atoms with Crippen molar-refractivity contribution >= 4 is 15.2 Å². The maximum absolute atomic E-state index is 11.4. The van der Waals surface area contributed by atoms with Crippen LogP contribution in [-0.4, -0.2) is 48.5 Å². The highest BCUT2D eigenvalue weighted by atomic mass is 31.2. The van der Waals surface area contributed by atoms with Crippen molar-refractivity contribution in [2.24, 2.45) is 0 Å². The first-order valence-electron chi connectivity index (χ1n) is 8.73. The van der Waals surface area contributed by atoms with E-state index < -0.39 is 26.7 Å². The van der Waals surface area contributed by atoms with E-state index in [0.717, 1.165) is 11.3 Å². The summed E-state index contributed by atoms with van der Waals surface area (Å²) in [5, 5.41) is 6.57. The SMILES string of the molecule is COc1ccc(OCCCc2cc[nH]c2CCC(O)(P(=O)(O)O)P(=O)(O)O)cc1. The average Bonchev–Trinajstić information content (AvgIpc) is 3.09. The number of aliphatic hydroxyl groups is 1. The molecule has 6 N–H and O–H groups in total. The number of ether oxygens (including phenoxy) is 2. The molecule has 0 unspecified atom stereocenters. The second-order valence-corrected chi connectivity index (χ2v) is 10.5. The van der Waals surface area contributed by atoms with Crippen molar-refractivity contribution in [3.05, 3.63) is 47.8 Å². The fourth-order valence-corrected chi connectivity index (χ4v) is 4.95. The molecule has 0 bridgehead atoms. The predicted octanol–water partition coefficient (Wildman–Crippen LogP) is 1.97. The number of nitrogens with one attached hydrogen (secondary N) is 1. The van der Waals surface area contributed by atoms with Crippen LogP contribution in [0.2, 0.25) is 0 Å². The minimum atomic E-state index is -5.46. The van der Waals surface area contributed by atoms with Crippen LogP contribution in [0.25, 0.3) is 0 Å². The van der Waals surface area contributed by atoms with Crippen LogP contribution in [0, 0.1) is 0 Å². The Balaban J connectivity index is 1.91. The molecule has 2 aromatic rings. The first-order chi connectivity index (χ1) is 13.5. The van der Waals surface area contributed by atoms with Gasteiger partial charge in [-0.05, 0) is 55.2 Å². The van der Waals surface area contributed by atoms with Gasteiger partial charge in [0.15, 0.2) is 0 Å². The number of benzene rings is 1. The molecule has 0 aliphatic rings. The van der Waals surface area contributed by atoms with Gasteiger partial charge in [0.25, 0.3) is 5.08 Å². The topological polar surface area (TPSA) is 170 Å². The van der Waals surface area contributed by atoms with E-state index in [4.69, 9.17) is 9.47 Å². The fourth-order valence-electron chi connectivity index (χ4n) is 2.78. The lowest BCUT2D eigenvalue weighted by Gasteiger charge is -2.29. The van der Waals surface area contributed by atoms with Crippen LogP contribution in [0.3, 0.4) is 0 Å². The van der Waals surface area contributed by atoms with Gasteiger partial charge in [0.05, 0.1) is 13.7 Å². The average molecular weight is 449 g/mol. The van der Waals surface area contributed by atoms with E-state index in [0.29, 0.717) is 30.9 Å². The van der Waals surface area contributed by atoms with Crippen molar-refractivity contribution in [1.82, 2.24) is 4.98 Å². The van der Waals surface area contributed by atoms with Crippen LogP contribution in [0.5, 0.6) is 11.5 Å². The van der Waals surface area contributed by atoms with E-state index in [1.54, 1.807) is 43.6 Å². The van der Waals surface area contributed by atoms with Crippen LogP contribution in [0.1, 0.15) is 24.1 Å². The molecule has 2 rings (SSSR count). The zero-order valence-electron chi connectivity index (χ0n) is 15.8. The number of hydrogen-bond donors (Lipinski definition) is 6. The summed E-state index contributed by atoms with van der Waals surface area (Å²) in [6, 6.07) is 8.89. The van der Waals surface area contributed by atoms with Gasteiger partial charge in [-0.1, -0.05) is 0 Å². The smallest absolute Gasteiger partial charge is 0.369 e. The van der Waals surface area contributed by atoms with Gasteiger partial charge < -0.3 is 39.1 Å². The Morgan fingerprint density at radius 1 is 0.966 bits per heavy atom. The van der Waals surface area contributed by atoms with E-state index in [9.17, 15) is 33.8 Å². The van der Waals surface area contributed by atoms with E-state index in [1.165, 1.54) is 0 Å². The molecule has 0 atom stereocenters. The highest BCUT2D eigenvalue weighted by molar-refractivity contribution is 7.72. The molecular weight excluding hydrogens is 424 g/mol. The number of aromatic nitrogens is 1. The van der Waals surface area contributed by atoms with E-state index >= 15 is 0 Å². The molecule has 29 heavy (non-hydrogen) atoms. The Hall–Kier alpha value is -1.64. The number of methoxy groups -OCH3 is 1. The Labute approximate surface area is 167 Å². The number of aromatic amines is 1. The van der Waals surface area contributed by atoms with Crippen molar-refractivity contribution in [3.8, 4) is 11.5 Å². The van der Waals surface area contributed by atoms with Gasteiger partial charge >= 0.3 is 15.2 Å². The summed E-state index contributed by atoms with van der Waals surface area (Å²) in [6.07, 6.45) is 1.88. The summed E-state index contributed by atoms with van der Waals surface area (Å²) in [7, 11) is -9.34. The summed E-state index contributed by atoms with van der Waals surface area (Å²) >= 11 is 0. The lowest BCUT2D eigenvalue weighted by atomic mass is 10.1. The molecule has 12 heteroatoms. The van der Waals surface area contributed by atoms with E-state index in [-0.39, 0.29) is 6.42 Å². The monoisotopic (exact) mass is 449 g/mol. The summed E-state index contributed by atoms with van der Waals surface area (Å²) in [4.78, 5) is 39.8. The van der Waals surface area contributed by atoms with Crippen LogP contribution >= 0.6 is 15.2 Å². The fraction of sp³-hybridized carbons (Fsp3) is 0.412. The Bertz CT molecular complexity index is 863. The first kappa shape index (κ1) is 23.6. The highest BCUT2D eigenvalue weighted by Gasteiger charge is 2.58. The number of aryl methyl sites for hydroxylation is 2. The molecule has 0 aliphatic carbocycles. The number of hydrogen-bond acceptors (Lipinski definition) is 5.